The highest BCUT2D eigenvalue weighted by atomic mass is 35.5. The smallest absolute Gasteiger partial charge is 0.331 e. The van der Waals surface area contributed by atoms with Crippen LogP contribution in [-0.4, -0.2) is 32.2 Å². The van der Waals surface area contributed by atoms with Crippen molar-refractivity contribution in [3.63, 3.8) is 0 Å². The first kappa shape index (κ1) is 18.0. The third-order valence-electron chi connectivity index (χ3n) is 4.42. The lowest BCUT2D eigenvalue weighted by atomic mass is 10.1. The van der Waals surface area contributed by atoms with E-state index in [1.165, 1.54) is 12.2 Å². The van der Waals surface area contributed by atoms with Crippen LogP contribution in [0.1, 0.15) is 23.0 Å². The predicted molar refractivity (Wildman–Crippen MR) is 107 cm³/mol. The second-order valence-corrected chi connectivity index (χ2v) is 6.60. The zero-order valence-electron chi connectivity index (χ0n) is 14.9. The van der Waals surface area contributed by atoms with Gasteiger partial charge >= 0.3 is 5.97 Å². The summed E-state index contributed by atoms with van der Waals surface area (Å²) in [4.78, 5) is 32.1. The fourth-order valence-corrected chi connectivity index (χ4v) is 3.28. The Labute approximate surface area is 165 Å². The van der Waals surface area contributed by atoms with Crippen molar-refractivity contribution < 1.29 is 14.3 Å². The molecular weight excluding hydrogens is 378 g/mol. The second-order valence-electron chi connectivity index (χ2n) is 6.24. The number of benzene rings is 1. The summed E-state index contributed by atoms with van der Waals surface area (Å²) in [6.07, 6.45) is 5.26. The van der Waals surface area contributed by atoms with Crippen LogP contribution in [0.5, 0.6) is 0 Å². The fraction of sp³-hybridized carbons (Fsp3) is 0.0952. The number of H-pyrrole nitrogens is 1. The average molecular weight is 394 g/mol. The first-order chi connectivity index (χ1) is 13.5. The SMILES string of the molecule is C[C@@H](OC(=O)/C=C/c1c(Cl)nc2ccccn12)C(=O)c1c[nH]c2ccccc12. The minimum atomic E-state index is -0.922. The van der Waals surface area contributed by atoms with Gasteiger partial charge in [0.15, 0.2) is 11.3 Å². The number of ether oxygens (including phenoxy) is 1. The molecule has 7 heteroatoms. The van der Waals surface area contributed by atoms with Crippen molar-refractivity contribution in [2.75, 3.05) is 0 Å². The Morgan fingerprint density at radius 1 is 1.21 bits per heavy atom. The molecule has 0 fully saturated rings. The summed E-state index contributed by atoms with van der Waals surface area (Å²) in [7, 11) is 0. The van der Waals surface area contributed by atoms with Crippen LogP contribution >= 0.6 is 11.6 Å². The number of nitrogens with one attached hydrogen (secondary N) is 1. The van der Waals surface area contributed by atoms with E-state index >= 15 is 0 Å². The van der Waals surface area contributed by atoms with Crippen molar-refractivity contribution >= 4 is 46.0 Å². The van der Waals surface area contributed by atoms with Crippen molar-refractivity contribution in [3.8, 4) is 0 Å². The highest BCUT2D eigenvalue weighted by molar-refractivity contribution is 6.31. The van der Waals surface area contributed by atoms with Gasteiger partial charge in [-0.15, -0.1) is 0 Å². The minimum absolute atomic E-state index is 0.271. The number of carbonyl (C=O) groups excluding carboxylic acids is 2. The molecule has 0 unspecified atom stereocenters. The molecule has 0 radical (unpaired) electrons. The largest absolute Gasteiger partial charge is 0.451 e. The van der Waals surface area contributed by atoms with Crippen LogP contribution in [0, 0.1) is 0 Å². The van der Waals surface area contributed by atoms with E-state index < -0.39 is 12.1 Å². The molecule has 0 aliphatic carbocycles. The Balaban J connectivity index is 1.49. The van der Waals surface area contributed by atoms with E-state index in [1.54, 1.807) is 23.7 Å². The van der Waals surface area contributed by atoms with Gasteiger partial charge in [-0.3, -0.25) is 9.20 Å². The Morgan fingerprint density at radius 3 is 2.86 bits per heavy atom. The van der Waals surface area contributed by atoms with Crippen molar-refractivity contribution in [2.45, 2.75) is 13.0 Å². The van der Waals surface area contributed by atoms with E-state index in [9.17, 15) is 9.59 Å². The van der Waals surface area contributed by atoms with Gasteiger partial charge in [0.25, 0.3) is 0 Å². The first-order valence-electron chi connectivity index (χ1n) is 8.66. The average Bonchev–Trinajstić information content (AvgIpc) is 3.26. The number of ketones is 1. The Morgan fingerprint density at radius 2 is 2.00 bits per heavy atom. The van der Waals surface area contributed by atoms with Crippen LogP contribution in [0.25, 0.3) is 22.6 Å². The van der Waals surface area contributed by atoms with Gasteiger partial charge in [-0.05, 0) is 31.2 Å². The lowest BCUT2D eigenvalue weighted by molar-refractivity contribution is -0.140. The zero-order chi connectivity index (χ0) is 19.7. The maximum absolute atomic E-state index is 12.7. The third-order valence-corrected chi connectivity index (χ3v) is 4.69. The molecule has 3 heterocycles. The number of carbonyl (C=O) groups is 2. The molecule has 4 aromatic rings. The van der Waals surface area contributed by atoms with Crippen LogP contribution in [-0.2, 0) is 9.53 Å². The highest BCUT2D eigenvalue weighted by Crippen LogP contribution is 2.21. The number of pyridine rings is 1. The lowest BCUT2D eigenvalue weighted by Gasteiger charge is -2.10. The molecule has 0 spiro atoms. The van der Waals surface area contributed by atoms with Crippen LogP contribution in [0.3, 0.4) is 0 Å². The molecule has 0 amide bonds. The Bertz CT molecular complexity index is 1220. The van der Waals surface area contributed by atoms with Gasteiger partial charge < -0.3 is 9.72 Å². The quantitative estimate of drug-likeness (QED) is 0.311. The molecule has 1 N–H and O–H groups in total. The standard InChI is InChI=1S/C21H16ClN3O3/c1-13(20(27)15-12-23-16-7-3-2-6-14(15)16)28-19(26)10-9-17-21(22)24-18-8-4-5-11-25(17)18/h2-13,23H,1H3/b10-9+/t13-/m1/s1. The van der Waals surface area contributed by atoms with E-state index in [0.29, 0.717) is 16.9 Å². The molecule has 1 atom stereocenters. The summed E-state index contributed by atoms with van der Waals surface area (Å²) in [5.74, 6) is -0.908. The molecule has 6 nitrogen and oxygen atoms in total. The van der Waals surface area contributed by atoms with E-state index in [0.717, 1.165) is 10.9 Å². The summed E-state index contributed by atoms with van der Waals surface area (Å²) >= 11 is 6.14. The number of esters is 1. The molecule has 1 aromatic carbocycles. The Kier molecular flexibility index (Phi) is 4.71. The topological polar surface area (TPSA) is 76.5 Å². The monoisotopic (exact) mass is 393 g/mol. The fourth-order valence-electron chi connectivity index (χ4n) is 3.04. The number of rotatable bonds is 5. The van der Waals surface area contributed by atoms with Crippen LogP contribution < -0.4 is 0 Å². The summed E-state index contributed by atoms with van der Waals surface area (Å²) in [6.45, 7) is 1.55. The van der Waals surface area contributed by atoms with Crippen LogP contribution in [0.4, 0.5) is 0 Å². The van der Waals surface area contributed by atoms with Crippen molar-refractivity contribution in [3.05, 3.63) is 77.3 Å². The summed E-state index contributed by atoms with van der Waals surface area (Å²) in [5, 5.41) is 1.07. The van der Waals surface area contributed by atoms with E-state index in [1.807, 2.05) is 42.5 Å². The van der Waals surface area contributed by atoms with Gasteiger partial charge in [0.05, 0.1) is 5.69 Å². The normalized spacial score (nSPS) is 12.6. The van der Waals surface area contributed by atoms with Crippen molar-refractivity contribution in [1.29, 1.82) is 0 Å². The molecule has 3 aromatic heterocycles. The van der Waals surface area contributed by atoms with E-state index in [4.69, 9.17) is 16.3 Å². The van der Waals surface area contributed by atoms with E-state index in [2.05, 4.69) is 9.97 Å². The Hall–Kier alpha value is -3.38. The second kappa shape index (κ2) is 7.32. The number of para-hydroxylation sites is 1. The molecular formula is C21H16ClN3O3. The maximum Gasteiger partial charge on any atom is 0.331 e. The molecule has 28 heavy (non-hydrogen) atoms. The maximum atomic E-state index is 12.7. The molecule has 0 saturated carbocycles. The van der Waals surface area contributed by atoms with Crippen molar-refractivity contribution in [1.82, 2.24) is 14.4 Å². The van der Waals surface area contributed by atoms with Gasteiger partial charge in [-0.2, -0.15) is 0 Å². The highest BCUT2D eigenvalue weighted by Gasteiger charge is 2.21. The summed E-state index contributed by atoms with van der Waals surface area (Å²) in [6, 6.07) is 13.0. The molecule has 4 rings (SSSR count). The first-order valence-corrected chi connectivity index (χ1v) is 9.04. The minimum Gasteiger partial charge on any atom is -0.451 e. The number of aromatic amines is 1. The van der Waals surface area contributed by atoms with Gasteiger partial charge in [-0.25, -0.2) is 9.78 Å². The van der Waals surface area contributed by atoms with E-state index in [-0.39, 0.29) is 10.9 Å². The van der Waals surface area contributed by atoms with Crippen LogP contribution in [0.15, 0.2) is 60.9 Å². The number of hydrogen-bond donors (Lipinski definition) is 1. The number of imidazole rings is 1. The molecule has 0 aliphatic heterocycles. The third kappa shape index (κ3) is 3.30. The number of Topliss-reactive ketones (excluding diaryl/α,β-unsaturated/α-hetero) is 1. The summed E-state index contributed by atoms with van der Waals surface area (Å²) in [5.41, 5.74) is 2.57. The van der Waals surface area contributed by atoms with Crippen molar-refractivity contribution in [2.24, 2.45) is 0 Å². The molecule has 0 bridgehead atoms. The number of hydrogen-bond acceptors (Lipinski definition) is 4. The predicted octanol–water partition coefficient (Wildman–Crippen LogP) is 4.30. The molecule has 140 valence electrons. The van der Waals surface area contributed by atoms with Gasteiger partial charge in [-0.1, -0.05) is 35.9 Å². The number of fused-ring (bicyclic) bond motifs is 2. The zero-order valence-corrected chi connectivity index (χ0v) is 15.7. The van der Waals surface area contributed by atoms with Crippen LogP contribution in [0.2, 0.25) is 5.15 Å². The van der Waals surface area contributed by atoms with Gasteiger partial charge in [0.1, 0.15) is 5.65 Å². The molecule has 0 aliphatic rings. The number of aromatic nitrogens is 3. The van der Waals surface area contributed by atoms with Gasteiger partial charge in [0.2, 0.25) is 5.78 Å². The lowest BCUT2D eigenvalue weighted by Crippen LogP contribution is -2.23. The van der Waals surface area contributed by atoms with Gasteiger partial charge in [0, 0.05) is 34.9 Å². The molecule has 0 saturated heterocycles. The number of halogens is 1. The summed E-state index contributed by atoms with van der Waals surface area (Å²) < 4.78 is 7.03. The number of nitrogens with zero attached hydrogens (tertiary/aromatic N) is 2.